The van der Waals surface area contributed by atoms with Crippen molar-refractivity contribution >= 4 is 27.3 Å². The minimum atomic E-state index is -0.238. The molecule has 0 aliphatic carbocycles. The Kier molecular flexibility index (Phi) is 4.88. The fraction of sp³-hybridized carbons (Fsp3) is 0.294. The minimum Gasteiger partial charge on any atom is -0.378 e. The van der Waals surface area contributed by atoms with Gasteiger partial charge >= 0.3 is 0 Å². The van der Waals surface area contributed by atoms with Gasteiger partial charge in [-0.1, -0.05) is 6.07 Å². The number of benzene rings is 2. The number of aryl methyl sites for hydroxylation is 1. The van der Waals surface area contributed by atoms with Gasteiger partial charge in [-0.3, -0.25) is 0 Å². The van der Waals surface area contributed by atoms with Gasteiger partial charge in [0, 0.05) is 31.5 Å². The molecule has 0 heterocycles. The second-order valence-corrected chi connectivity index (χ2v) is 6.29. The van der Waals surface area contributed by atoms with Crippen LogP contribution in [0.15, 0.2) is 40.9 Å². The summed E-state index contributed by atoms with van der Waals surface area (Å²) in [6.45, 7) is 4.15. The lowest BCUT2D eigenvalue weighted by Crippen LogP contribution is -2.11. The molecule has 1 atom stereocenters. The molecule has 21 heavy (non-hydrogen) atoms. The predicted molar refractivity (Wildman–Crippen MR) is 91.6 cm³/mol. The summed E-state index contributed by atoms with van der Waals surface area (Å²) in [7, 11) is 4.06. The van der Waals surface area contributed by atoms with Gasteiger partial charge in [0.15, 0.2) is 0 Å². The van der Waals surface area contributed by atoms with E-state index in [1.807, 2.05) is 20.2 Å². The molecule has 2 rings (SSSR count). The summed E-state index contributed by atoms with van der Waals surface area (Å²) < 4.78 is 13.8. The number of nitrogens with one attached hydrogen (secondary N) is 1. The van der Waals surface area contributed by atoms with E-state index in [9.17, 15) is 4.39 Å². The Morgan fingerprint density at radius 2 is 1.86 bits per heavy atom. The molecule has 0 spiro atoms. The van der Waals surface area contributed by atoms with E-state index in [0.717, 1.165) is 11.3 Å². The fourth-order valence-corrected chi connectivity index (χ4v) is 2.58. The van der Waals surface area contributed by atoms with E-state index in [-0.39, 0.29) is 11.9 Å². The van der Waals surface area contributed by atoms with E-state index in [1.165, 1.54) is 17.3 Å². The van der Waals surface area contributed by atoms with E-state index in [1.54, 1.807) is 6.07 Å². The van der Waals surface area contributed by atoms with Crippen LogP contribution in [0.1, 0.15) is 24.1 Å². The van der Waals surface area contributed by atoms with Gasteiger partial charge in [0.05, 0.1) is 4.47 Å². The first-order valence-electron chi connectivity index (χ1n) is 6.88. The van der Waals surface area contributed by atoms with Crippen molar-refractivity contribution in [1.82, 2.24) is 0 Å². The molecule has 0 aliphatic rings. The lowest BCUT2D eigenvalue weighted by atomic mass is 10.1. The average Bonchev–Trinajstić information content (AvgIpc) is 2.43. The largest absolute Gasteiger partial charge is 0.378 e. The lowest BCUT2D eigenvalue weighted by molar-refractivity contribution is 0.619. The Labute approximate surface area is 134 Å². The van der Waals surface area contributed by atoms with Crippen LogP contribution in [-0.4, -0.2) is 14.1 Å². The summed E-state index contributed by atoms with van der Waals surface area (Å²) in [4.78, 5) is 2.08. The topological polar surface area (TPSA) is 15.3 Å². The molecule has 0 fully saturated rings. The Morgan fingerprint density at radius 1 is 1.14 bits per heavy atom. The normalized spacial score (nSPS) is 12.1. The van der Waals surface area contributed by atoms with Crippen LogP contribution in [0.2, 0.25) is 0 Å². The van der Waals surface area contributed by atoms with Crippen LogP contribution < -0.4 is 10.2 Å². The van der Waals surface area contributed by atoms with E-state index >= 15 is 0 Å². The summed E-state index contributed by atoms with van der Waals surface area (Å²) in [5.74, 6) is -0.238. The highest BCUT2D eigenvalue weighted by Crippen LogP contribution is 2.27. The first kappa shape index (κ1) is 15.8. The third-order valence-electron chi connectivity index (χ3n) is 3.54. The zero-order valence-electron chi connectivity index (χ0n) is 12.7. The van der Waals surface area contributed by atoms with Crippen molar-refractivity contribution in [2.24, 2.45) is 0 Å². The van der Waals surface area contributed by atoms with Crippen LogP contribution in [0.5, 0.6) is 0 Å². The standard InChI is InChI=1S/C17H20BrFN2/c1-11-9-14(21(3)4)6-8-17(11)20-12(2)13-5-7-16(19)15(18)10-13/h5-10,12,20H,1-4H3. The van der Waals surface area contributed by atoms with Crippen molar-refractivity contribution in [3.8, 4) is 0 Å². The third-order valence-corrected chi connectivity index (χ3v) is 4.15. The molecule has 2 nitrogen and oxygen atoms in total. The summed E-state index contributed by atoms with van der Waals surface area (Å²) in [6.07, 6.45) is 0. The van der Waals surface area contributed by atoms with Crippen LogP contribution in [0, 0.1) is 12.7 Å². The lowest BCUT2D eigenvalue weighted by Gasteiger charge is -2.20. The first-order valence-corrected chi connectivity index (χ1v) is 7.67. The molecule has 0 aliphatic heterocycles. The summed E-state index contributed by atoms with van der Waals surface area (Å²) in [5.41, 5.74) is 4.50. The van der Waals surface area contributed by atoms with Gasteiger partial charge in [0.2, 0.25) is 0 Å². The molecule has 4 heteroatoms. The number of nitrogens with zero attached hydrogens (tertiary/aromatic N) is 1. The Bertz CT molecular complexity index is 641. The van der Waals surface area contributed by atoms with Crippen LogP contribution in [-0.2, 0) is 0 Å². The van der Waals surface area contributed by atoms with Crippen LogP contribution in [0.3, 0.4) is 0 Å². The van der Waals surface area contributed by atoms with Crippen molar-refractivity contribution in [1.29, 1.82) is 0 Å². The van der Waals surface area contributed by atoms with Gasteiger partial charge in [-0.25, -0.2) is 4.39 Å². The van der Waals surface area contributed by atoms with Crippen molar-refractivity contribution in [3.05, 3.63) is 57.8 Å². The first-order chi connectivity index (χ1) is 9.88. The molecule has 0 saturated carbocycles. The molecular formula is C17H20BrFN2. The van der Waals surface area contributed by atoms with E-state index < -0.39 is 0 Å². The average molecular weight is 351 g/mol. The molecular weight excluding hydrogens is 331 g/mol. The molecule has 0 saturated heterocycles. The maximum absolute atomic E-state index is 13.3. The van der Waals surface area contributed by atoms with Crippen molar-refractivity contribution in [2.75, 3.05) is 24.3 Å². The highest BCUT2D eigenvalue weighted by Gasteiger charge is 2.10. The predicted octanol–water partition coefficient (Wildman–Crippen LogP) is 5.14. The smallest absolute Gasteiger partial charge is 0.137 e. The number of hydrogen-bond acceptors (Lipinski definition) is 2. The van der Waals surface area contributed by atoms with E-state index in [4.69, 9.17) is 0 Å². The van der Waals surface area contributed by atoms with Gasteiger partial charge < -0.3 is 10.2 Å². The van der Waals surface area contributed by atoms with Gasteiger partial charge in [-0.2, -0.15) is 0 Å². The van der Waals surface area contributed by atoms with Crippen LogP contribution >= 0.6 is 15.9 Å². The van der Waals surface area contributed by atoms with Crippen molar-refractivity contribution in [2.45, 2.75) is 19.9 Å². The third kappa shape index (κ3) is 3.76. The van der Waals surface area contributed by atoms with Gasteiger partial charge in [0.1, 0.15) is 5.82 Å². The molecule has 112 valence electrons. The van der Waals surface area contributed by atoms with Gasteiger partial charge in [-0.15, -0.1) is 0 Å². The Hall–Kier alpha value is -1.55. The molecule has 2 aromatic carbocycles. The second kappa shape index (κ2) is 6.48. The monoisotopic (exact) mass is 350 g/mol. The van der Waals surface area contributed by atoms with E-state index in [0.29, 0.717) is 4.47 Å². The Balaban J connectivity index is 2.19. The fourth-order valence-electron chi connectivity index (χ4n) is 2.19. The molecule has 2 aromatic rings. The Morgan fingerprint density at radius 3 is 2.43 bits per heavy atom. The maximum Gasteiger partial charge on any atom is 0.137 e. The molecule has 1 N–H and O–H groups in total. The summed E-state index contributed by atoms with van der Waals surface area (Å²) in [5, 5.41) is 3.48. The molecule has 1 unspecified atom stereocenters. The SMILES string of the molecule is Cc1cc(N(C)C)ccc1NC(C)c1ccc(F)c(Br)c1. The molecule has 0 bridgehead atoms. The zero-order valence-corrected chi connectivity index (χ0v) is 14.3. The molecule has 0 radical (unpaired) electrons. The molecule has 0 aromatic heterocycles. The van der Waals surface area contributed by atoms with E-state index in [2.05, 4.69) is 58.2 Å². The van der Waals surface area contributed by atoms with Crippen LogP contribution in [0.4, 0.5) is 15.8 Å². The van der Waals surface area contributed by atoms with Crippen LogP contribution in [0.25, 0.3) is 0 Å². The second-order valence-electron chi connectivity index (χ2n) is 5.43. The highest BCUT2D eigenvalue weighted by atomic mass is 79.9. The zero-order chi connectivity index (χ0) is 15.6. The van der Waals surface area contributed by atoms with Gasteiger partial charge in [-0.05, 0) is 71.2 Å². The maximum atomic E-state index is 13.3. The molecule has 0 amide bonds. The quantitative estimate of drug-likeness (QED) is 0.821. The van der Waals surface area contributed by atoms with Crippen molar-refractivity contribution in [3.63, 3.8) is 0 Å². The number of hydrogen-bond donors (Lipinski definition) is 1. The number of anilines is 2. The summed E-state index contributed by atoms with van der Waals surface area (Å²) >= 11 is 3.23. The number of halogens is 2. The summed E-state index contributed by atoms with van der Waals surface area (Å²) in [6, 6.07) is 11.5. The van der Waals surface area contributed by atoms with Gasteiger partial charge in [0.25, 0.3) is 0 Å². The highest BCUT2D eigenvalue weighted by molar-refractivity contribution is 9.10. The number of rotatable bonds is 4. The minimum absolute atomic E-state index is 0.103. The van der Waals surface area contributed by atoms with Crippen molar-refractivity contribution < 1.29 is 4.39 Å².